The number of imidazole rings is 1. The minimum Gasteiger partial charge on any atom is -0.487 e. The number of halogens is 2. The van der Waals surface area contributed by atoms with E-state index < -0.39 is 17.8 Å². The summed E-state index contributed by atoms with van der Waals surface area (Å²) in [5.74, 6) is -2.67. The molecule has 1 aliphatic carbocycles. The summed E-state index contributed by atoms with van der Waals surface area (Å²) in [4.78, 5) is 23.3. The van der Waals surface area contributed by atoms with E-state index in [2.05, 4.69) is 9.55 Å². The van der Waals surface area contributed by atoms with Crippen LogP contribution >= 0.6 is 0 Å². The van der Waals surface area contributed by atoms with Crippen molar-refractivity contribution in [3.05, 3.63) is 83.4 Å². The van der Waals surface area contributed by atoms with Crippen LogP contribution < -0.4 is 9.64 Å². The number of fused-ring (bicyclic) bond motifs is 1. The zero-order valence-electron chi connectivity index (χ0n) is 23.1. The van der Waals surface area contributed by atoms with Crippen LogP contribution in [0.15, 0.2) is 60.8 Å². The van der Waals surface area contributed by atoms with E-state index in [1.54, 1.807) is 4.90 Å². The summed E-state index contributed by atoms with van der Waals surface area (Å²) in [6, 6.07) is 17.4. The summed E-state index contributed by atoms with van der Waals surface area (Å²) in [6.07, 6.45) is 4.95. The Bertz CT molecular complexity index is 1540. The minimum absolute atomic E-state index is 0.129. The van der Waals surface area contributed by atoms with Gasteiger partial charge in [0.05, 0.1) is 29.2 Å². The predicted molar refractivity (Wildman–Crippen MR) is 153 cm³/mol. The van der Waals surface area contributed by atoms with Gasteiger partial charge in [-0.1, -0.05) is 31.0 Å². The smallest absolute Gasteiger partial charge is 0.307 e. The van der Waals surface area contributed by atoms with E-state index >= 15 is 0 Å². The van der Waals surface area contributed by atoms with Crippen LogP contribution in [0, 0.1) is 12.8 Å². The van der Waals surface area contributed by atoms with Gasteiger partial charge in [0.2, 0.25) is 0 Å². The number of carbonyl (C=O) groups is 1. The number of pyridine rings is 1. The third-order valence-corrected chi connectivity index (χ3v) is 8.34. The number of rotatable bonds is 8. The average molecular weight is 561 g/mol. The molecule has 2 fully saturated rings. The van der Waals surface area contributed by atoms with E-state index in [0.717, 1.165) is 58.6 Å². The van der Waals surface area contributed by atoms with Gasteiger partial charge in [0.1, 0.15) is 18.2 Å². The number of carboxylic acids is 1. The van der Waals surface area contributed by atoms with Gasteiger partial charge in [0, 0.05) is 43.4 Å². The molecule has 1 saturated heterocycles. The lowest BCUT2D eigenvalue weighted by Crippen LogP contribution is -2.27. The van der Waals surface area contributed by atoms with Crippen molar-refractivity contribution < 1.29 is 23.4 Å². The summed E-state index contributed by atoms with van der Waals surface area (Å²) in [5.41, 5.74) is 5.32. The van der Waals surface area contributed by atoms with Crippen LogP contribution in [0.5, 0.6) is 5.75 Å². The molecule has 2 aromatic carbocycles. The van der Waals surface area contributed by atoms with Crippen molar-refractivity contribution in [2.24, 2.45) is 5.92 Å². The number of anilines is 1. The number of carboxylic acid groups (broad SMARTS) is 1. The van der Waals surface area contributed by atoms with Crippen molar-refractivity contribution in [2.45, 2.75) is 64.0 Å². The monoisotopic (exact) mass is 560 g/mol. The largest absolute Gasteiger partial charge is 0.487 e. The maximum absolute atomic E-state index is 13.8. The number of aryl methyl sites for hydroxylation is 1. The van der Waals surface area contributed by atoms with Crippen LogP contribution in [0.4, 0.5) is 14.5 Å². The topological polar surface area (TPSA) is 80.5 Å². The zero-order valence-corrected chi connectivity index (χ0v) is 23.1. The Morgan fingerprint density at radius 1 is 1.10 bits per heavy atom. The first-order valence-electron chi connectivity index (χ1n) is 14.2. The molecule has 0 bridgehead atoms. The molecule has 0 unspecified atom stereocenters. The minimum atomic E-state index is -2.65. The number of ether oxygens (including phenoxy) is 1. The van der Waals surface area contributed by atoms with Gasteiger partial charge in [-0.05, 0) is 61.2 Å². The van der Waals surface area contributed by atoms with E-state index in [-0.39, 0.29) is 18.9 Å². The second-order valence-corrected chi connectivity index (χ2v) is 11.4. The lowest BCUT2D eigenvalue weighted by atomic mass is 9.78. The highest BCUT2D eigenvalue weighted by atomic mass is 19.3. The molecule has 4 aromatic rings. The average Bonchev–Trinajstić information content (AvgIpc) is 3.52. The Balaban J connectivity index is 1.32. The number of nitrogens with zero attached hydrogens (tertiary/aromatic N) is 4. The molecule has 0 radical (unpaired) electrons. The first-order valence-corrected chi connectivity index (χ1v) is 14.2. The number of hydrogen-bond donors (Lipinski definition) is 1. The van der Waals surface area contributed by atoms with Crippen molar-refractivity contribution in [1.29, 1.82) is 0 Å². The second-order valence-electron chi connectivity index (χ2n) is 11.4. The summed E-state index contributed by atoms with van der Waals surface area (Å²) < 4.78 is 35.7. The Labute approximate surface area is 237 Å². The molecular weight excluding hydrogens is 526 g/mol. The lowest BCUT2D eigenvalue weighted by molar-refractivity contribution is -0.143. The van der Waals surface area contributed by atoms with Gasteiger partial charge < -0.3 is 19.3 Å². The SMILES string of the molecule is Cc1ccc(COc2ccc3nc([C@H]4CCCC[C@H]4C(=O)O)n(Cc4ccc(N5CCC(F)(F)C5)cc4)c3c2)nc1. The van der Waals surface area contributed by atoms with Gasteiger partial charge in [-0.15, -0.1) is 0 Å². The number of benzene rings is 2. The third kappa shape index (κ3) is 5.89. The highest BCUT2D eigenvalue weighted by Crippen LogP contribution is 2.40. The van der Waals surface area contributed by atoms with Crippen molar-refractivity contribution in [2.75, 3.05) is 18.0 Å². The fourth-order valence-electron chi connectivity index (χ4n) is 6.09. The fourth-order valence-corrected chi connectivity index (χ4v) is 6.09. The molecule has 2 aliphatic rings. The molecule has 1 aliphatic heterocycles. The van der Waals surface area contributed by atoms with Gasteiger partial charge in [0.15, 0.2) is 0 Å². The highest BCUT2D eigenvalue weighted by Gasteiger charge is 2.38. The quantitative estimate of drug-likeness (QED) is 0.263. The molecule has 6 rings (SSSR count). The number of hydrogen-bond acceptors (Lipinski definition) is 5. The molecule has 1 saturated carbocycles. The standard InChI is InChI=1S/C32H34F2N4O3/c1-21-6-9-23(35-17-21)19-41-25-12-13-28-29(16-25)38(30(36-28)26-4-2-3-5-27(26)31(39)40)18-22-7-10-24(11-8-22)37-15-14-32(33,34)20-37/h6-13,16-17,26-27H,2-5,14-15,18-20H2,1H3,(H,39,40)/t26-,27+/m0/s1. The first kappa shape index (κ1) is 27.2. The van der Waals surface area contributed by atoms with Crippen molar-refractivity contribution in [3.63, 3.8) is 0 Å². The Kier molecular flexibility index (Phi) is 7.36. The predicted octanol–water partition coefficient (Wildman–Crippen LogP) is 6.57. The summed E-state index contributed by atoms with van der Waals surface area (Å²) in [6.45, 7) is 2.87. The van der Waals surface area contributed by atoms with Crippen molar-refractivity contribution >= 4 is 22.7 Å². The van der Waals surface area contributed by atoms with E-state index in [1.807, 2.05) is 67.7 Å². The fraction of sp³-hybridized carbons (Fsp3) is 0.406. The van der Waals surface area contributed by atoms with Gasteiger partial charge in [-0.25, -0.2) is 13.8 Å². The second kappa shape index (κ2) is 11.1. The van der Waals surface area contributed by atoms with Crippen LogP contribution in [-0.2, 0) is 17.9 Å². The Morgan fingerprint density at radius 3 is 2.61 bits per heavy atom. The van der Waals surface area contributed by atoms with Crippen LogP contribution in [-0.4, -0.2) is 44.6 Å². The molecule has 41 heavy (non-hydrogen) atoms. The normalized spacial score (nSPS) is 20.4. The summed E-state index contributed by atoms with van der Waals surface area (Å²) >= 11 is 0. The Morgan fingerprint density at radius 2 is 1.90 bits per heavy atom. The highest BCUT2D eigenvalue weighted by molar-refractivity contribution is 5.79. The zero-order chi connectivity index (χ0) is 28.6. The van der Waals surface area contributed by atoms with Gasteiger partial charge in [-0.3, -0.25) is 9.78 Å². The van der Waals surface area contributed by atoms with Gasteiger partial charge in [0.25, 0.3) is 5.92 Å². The van der Waals surface area contributed by atoms with E-state index in [1.165, 1.54) is 0 Å². The number of alkyl halides is 2. The van der Waals surface area contributed by atoms with E-state index in [9.17, 15) is 18.7 Å². The molecule has 9 heteroatoms. The molecule has 214 valence electrons. The Hall–Kier alpha value is -4.01. The van der Waals surface area contributed by atoms with Crippen LogP contribution in [0.25, 0.3) is 11.0 Å². The van der Waals surface area contributed by atoms with E-state index in [4.69, 9.17) is 9.72 Å². The molecular formula is C32H34F2N4O3. The van der Waals surface area contributed by atoms with Crippen molar-refractivity contribution in [1.82, 2.24) is 14.5 Å². The van der Waals surface area contributed by atoms with E-state index in [0.29, 0.717) is 31.9 Å². The maximum atomic E-state index is 13.8. The molecule has 2 aromatic heterocycles. The molecule has 2 atom stereocenters. The van der Waals surface area contributed by atoms with Gasteiger partial charge in [-0.2, -0.15) is 0 Å². The molecule has 0 amide bonds. The van der Waals surface area contributed by atoms with Crippen LogP contribution in [0.3, 0.4) is 0 Å². The van der Waals surface area contributed by atoms with Crippen LogP contribution in [0.2, 0.25) is 0 Å². The number of aromatic nitrogens is 3. The number of aliphatic carboxylic acids is 1. The summed E-state index contributed by atoms with van der Waals surface area (Å²) in [5, 5.41) is 10.0. The molecule has 1 N–H and O–H groups in total. The third-order valence-electron chi connectivity index (χ3n) is 8.34. The summed E-state index contributed by atoms with van der Waals surface area (Å²) in [7, 11) is 0. The van der Waals surface area contributed by atoms with Crippen molar-refractivity contribution in [3.8, 4) is 5.75 Å². The van der Waals surface area contributed by atoms with Crippen LogP contribution in [0.1, 0.15) is 60.7 Å². The lowest BCUT2D eigenvalue weighted by Gasteiger charge is -2.28. The first-order chi connectivity index (χ1) is 19.8. The molecule has 3 heterocycles. The maximum Gasteiger partial charge on any atom is 0.307 e. The molecule has 7 nitrogen and oxygen atoms in total. The molecule has 0 spiro atoms. The van der Waals surface area contributed by atoms with Gasteiger partial charge >= 0.3 is 5.97 Å².